The Balaban J connectivity index is 1.53. The summed E-state index contributed by atoms with van der Waals surface area (Å²) in [5.41, 5.74) is -0.140. The van der Waals surface area contributed by atoms with Gasteiger partial charge >= 0.3 is 0 Å². The maximum Gasteiger partial charge on any atom is 0.236 e. The second-order valence-corrected chi connectivity index (χ2v) is 6.76. The molecule has 126 valence electrons. The van der Waals surface area contributed by atoms with Crippen molar-refractivity contribution < 1.29 is 14.3 Å². The molecule has 1 N–H and O–H groups in total. The van der Waals surface area contributed by atoms with Gasteiger partial charge in [0.2, 0.25) is 5.91 Å². The van der Waals surface area contributed by atoms with Crippen LogP contribution in [0.3, 0.4) is 0 Å². The van der Waals surface area contributed by atoms with E-state index in [0.29, 0.717) is 32.5 Å². The molecule has 1 aromatic rings. The van der Waals surface area contributed by atoms with E-state index in [-0.39, 0.29) is 11.7 Å². The molecule has 3 rings (SSSR count). The number of benzene rings is 1. The van der Waals surface area contributed by atoms with Gasteiger partial charge in [0.05, 0.1) is 12.1 Å². The predicted molar refractivity (Wildman–Crippen MR) is 86.4 cm³/mol. The molecule has 2 fully saturated rings. The third kappa shape index (κ3) is 3.90. The molecule has 0 unspecified atom stereocenters. The maximum absolute atomic E-state index is 13.0. The highest BCUT2D eigenvalue weighted by Gasteiger charge is 2.34. The summed E-state index contributed by atoms with van der Waals surface area (Å²) in [5.74, 6) is -0.0844. The van der Waals surface area contributed by atoms with E-state index in [1.807, 2.05) is 4.90 Å². The van der Waals surface area contributed by atoms with E-state index in [0.717, 1.165) is 31.5 Å². The summed E-state index contributed by atoms with van der Waals surface area (Å²) in [6.45, 7) is 3.58. The first-order chi connectivity index (χ1) is 11.1. The maximum atomic E-state index is 13.0. The molecule has 2 heterocycles. The van der Waals surface area contributed by atoms with Gasteiger partial charge in [0, 0.05) is 26.2 Å². The zero-order valence-corrected chi connectivity index (χ0v) is 13.5. The van der Waals surface area contributed by atoms with E-state index < -0.39 is 5.60 Å². The predicted octanol–water partition coefficient (Wildman–Crippen LogP) is 2.12. The Morgan fingerprint density at radius 3 is 2.26 bits per heavy atom. The van der Waals surface area contributed by atoms with Crippen molar-refractivity contribution in [2.45, 2.75) is 37.7 Å². The van der Waals surface area contributed by atoms with Crippen LogP contribution in [0.4, 0.5) is 4.39 Å². The van der Waals surface area contributed by atoms with Gasteiger partial charge in [0.25, 0.3) is 0 Å². The van der Waals surface area contributed by atoms with Crippen LogP contribution in [0.2, 0.25) is 0 Å². The number of hydrogen-bond acceptors (Lipinski definition) is 3. The van der Waals surface area contributed by atoms with Gasteiger partial charge < -0.3 is 10.0 Å². The summed E-state index contributed by atoms with van der Waals surface area (Å²) in [6, 6.07) is 6.09. The molecule has 2 saturated heterocycles. The molecule has 5 heteroatoms. The Hall–Kier alpha value is -1.46. The number of halogens is 1. The lowest BCUT2D eigenvalue weighted by Crippen LogP contribution is -2.48. The van der Waals surface area contributed by atoms with Gasteiger partial charge in [-0.05, 0) is 49.8 Å². The first-order valence-electron chi connectivity index (χ1n) is 8.55. The number of rotatable bonds is 3. The van der Waals surface area contributed by atoms with Crippen LogP contribution in [0.5, 0.6) is 0 Å². The van der Waals surface area contributed by atoms with E-state index in [9.17, 15) is 14.3 Å². The largest absolute Gasteiger partial charge is 0.385 e. The van der Waals surface area contributed by atoms with Crippen LogP contribution in [0.25, 0.3) is 0 Å². The number of amides is 1. The van der Waals surface area contributed by atoms with Crippen LogP contribution in [0, 0.1) is 5.82 Å². The first kappa shape index (κ1) is 16.4. The van der Waals surface area contributed by atoms with Crippen molar-refractivity contribution in [3.05, 3.63) is 35.6 Å². The van der Waals surface area contributed by atoms with Crippen molar-refractivity contribution in [1.29, 1.82) is 0 Å². The lowest BCUT2D eigenvalue weighted by molar-refractivity contribution is -0.134. The standard InChI is InChI=1S/C18H25FN2O2/c19-16-6-4-15(5-7-16)18(23)8-12-20(13-9-18)14-17(22)21-10-2-1-3-11-21/h4-7,23H,1-3,8-14H2. The minimum atomic E-state index is -0.904. The number of carbonyl (C=O) groups excluding carboxylic acids is 1. The van der Waals surface area contributed by atoms with Crippen molar-refractivity contribution >= 4 is 5.91 Å². The highest BCUT2D eigenvalue weighted by Crippen LogP contribution is 2.32. The minimum Gasteiger partial charge on any atom is -0.385 e. The molecule has 0 spiro atoms. The zero-order valence-electron chi connectivity index (χ0n) is 13.5. The number of nitrogens with zero attached hydrogens (tertiary/aromatic N) is 2. The van der Waals surface area contributed by atoms with Crippen LogP contribution in [-0.4, -0.2) is 53.5 Å². The molecule has 1 amide bonds. The fourth-order valence-electron chi connectivity index (χ4n) is 3.56. The van der Waals surface area contributed by atoms with Crippen molar-refractivity contribution in [2.75, 3.05) is 32.7 Å². The number of likely N-dealkylation sites (tertiary alicyclic amines) is 2. The number of aliphatic hydroxyl groups is 1. The summed E-state index contributed by atoms with van der Waals surface area (Å²) in [6.07, 6.45) is 4.59. The fourth-order valence-corrected chi connectivity index (χ4v) is 3.56. The SMILES string of the molecule is O=C(CN1CCC(O)(c2ccc(F)cc2)CC1)N1CCCCC1. The van der Waals surface area contributed by atoms with Gasteiger partial charge in [0.15, 0.2) is 0 Å². The Morgan fingerprint density at radius 2 is 1.65 bits per heavy atom. The number of carbonyl (C=O) groups is 1. The quantitative estimate of drug-likeness (QED) is 0.928. The first-order valence-corrected chi connectivity index (χ1v) is 8.55. The van der Waals surface area contributed by atoms with Gasteiger partial charge in [-0.2, -0.15) is 0 Å². The summed E-state index contributed by atoms with van der Waals surface area (Å²) in [4.78, 5) is 16.4. The fraction of sp³-hybridized carbons (Fsp3) is 0.611. The van der Waals surface area contributed by atoms with Crippen molar-refractivity contribution in [3.8, 4) is 0 Å². The van der Waals surface area contributed by atoms with Crippen LogP contribution >= 0.6 is 0 Å². The minimum absolute atomic E-state index is 0.205. The van der Waals surface area contributed by atoms with E-state index >= 15 is 0 Å². The average Bonchev–Trinajstić information content (AvgIpc) is 2.58. The van der Waals surface area contributed by atoms with Crippen molar-refractivity contribution in [3.63, 3.8) is 0 Å². The van der Waals surface area contributed by atoms with Crippen LogP contribution in [0.15, 0.2) is 24.3 Å². The second kappa shape index (κ2) is 6.97. The molecular formula is C18H25FN2O2. The molecule has 4 nitrogen and oxygen atoms in total. The molecule has 0 aliphatic carbocycles. The van der Waals surface area contributed by atoms with Gasteiger partial charge in [-0.15, -0.1) is 0 Å². The molecule has 0 saturated carbocycles. The molecule has 0 radical (unpaired) electrons. The second-order valence-electron chi connectivity index (χ2n) is 6.76. The highest BCUT2D eigenvalue weighted by molar-refractivity contribution is 5.78. The van der Waals surface area contributed by atoms with Crippen LogP contribution in [-0.2, 0) is 10.4 Å². The van der Waals surface area contributed by atoms with Gasteiger partial charge in [0.1, 0.15) is 5.82 Å². The van der Waals surface area contributed by atoms with Crippen LogP contribution in [0.1, 0.15) is 37.7 Å². The van der Waals surface area contributed by atoms with Gasteiger partial charge in [-0.1, -0.05) is 12.1 Å². The number of piperidine rings is 2. The molecule has 0 atom stereocenters. The van der Waals surface area contributed by atoms with Gasteiger partial charge in [-0.3, -0.25) is 9.69 Å². The number of hydrogen-bond donors (Lipinski definition) is 1. The average molecular weight is 320 g/mol. The Kier molecular flexibility index (Phi) is 4.97. The topological polar surface area (TPSA) is 43.8 Å². The molecule has 23 heavy (non-hydrogen) atoms. The molecule has 2 aliphatic heterocycles. The summed E-state index contributed by atoms with van der Waals surface area (Å²) >= 11 is 0. The Morgan fingerprint density at radius 1 is 1.04 bits per heavy atom. The molecule has 1 aromatic carbocycles. The molecular weight excluding hydrogens is 295 g/mol. The monoisotopic (exact) mass is 320 g/mol. The molecule has 0 bridgehead atoms. The van der Waals surface area contributed by atoms with Gasteiger partial charge in [-0.25, -0.2) is 4.39 Å². The smallest absolute Gasteiger partial charge is 0.236 e. The van der Waals surface area contributed by atoms with E-state index in [1.165, 1.54) is 18.6 Å². The zero-order chi connectivity index (χ0) is 16.3. The lowest BCUT2D eigenvalue weighted by Gasteiger charge is -2.39. The molecule has 2 aliphatic rings. The van der Waals surface area contributed by atoms with Crippen molar-refractivity contribution in [2.24, 2.45) is 0 Å². The summed E-state index contributed by atoms with van der Waals surface area (Å²) in [5, 5.41) is 10.8. The highest BCUT2D eigenvalue weighted by atomic mass is 19.1. The Bertz CT molecular complexity index is 532. The molecule has 0 aromatic heterocycles. The normalized spacial score (nSPS) is 22.1. The lowest BCUT2D eigenvalue weighted by atomic mass is 9.84. The van der Waals surface area contributed by atoms with Crippen molar-refractivity contribution in [1.82, 2.24) is 9.80 Å². The third-order valence-corrected chi connectivity index (χ3v) is 5.13. The Labute approximate surface area is 136 Å². The summed E-state index contributed by atoms with van der Waals surface area (Å²) < 4.78 is 13.0. The van der Waals surface area contributed by atoms with E-state index in [2.05, 4.69) is 4.90 Å². The summed E-state index contributed by atoms with van der Waals surface area (Å²) in [7, 11) is 0. The van der Waals surface area contributed by atoms with Crippen LogP contribution < -0.4 is 0 Å². The van der Waals surface area contributed by atoms with E-state index in [4.69, 9.17) is 0 Å². The van der Waals surface area contributed by atoms with E-state index in [1.54, 1.807) is 12.1 Å². The third-order valence-electron chi connectivity index (χ3n) is 5.13.